The molecule has 1 heterocycles. The molecule has 0 aromatic carbocycles. The van der Waals surface area contributed by atoms with Crippen LogP contribution in [-0.2, 0) is 21.3 Å². The molecule has 116 valence electrons. The summed E-state index contributed by atoms with van der Waals surface area (Å²) in [6.07, 6.45) is -2.54. The van der Waals surface area contributed by atoms with Crippen LogP contribution in [0.25, 0.3) is 0 Å². The largest absolute Gasteiger partial charge is 0.374 e. The van der Waals surface area contributed by atoms with Crippen LogP contribution in [0.5, 0.6) is 0 Å². The number of hydrogen-bond donors (Lipinski definition) is 2. The molecule has 9 heteroatoms. The topological polar surface area (TPSA) is 67.4 Å². The van der Waals surface area contributed by atoms with Crippen molar-refractivity contribution < 1.29 is 21.9 Å². The van der Waals surface area contributed by atoms with Crippen LogP contribution in [0.1, 0.15) is 11.8 Å². The van der Waals surface area contributed by atoms with Crippen molar-refractivity contribution in [2.75, 3.05) is 26.3 Å². The molecule has 1 aromatic heterocycles. The molecule has 0 bridgehead atoms. The van der Waals surface area contributed by atoms with Crippen molar-refractivity contribution >= 4 is 21.4 Å². The Morgan fingerprint density at radius 1 is 1.45 bits per heavy atom. The Morgan fingerprint density at radius 2 is 2.20 bits per heavy atom. The first-order valence-corrected chi connectivity index (χ1v) is 8.45. The van der Waals surface area contributed by atoms with Crippen molar-refractivity contribution in [1.82, 2.24) is 10.0 Å². The monoisotopic (exact) mass is 328 g/mol. The Balaban J connectivity index is 2.41. The van der Waals surface area contributed by atoms with Crippen LogP contribution in [0.4, 0.5) is 8.78 Å². The van der Waals surface area contributed by atoms with Crippen molar-refractivity contribution in [1.29, 1.82) is 0 Å². The maximum absolute atomic E-state index is 11.9. The molecule has 1 rings (SSSR count). The second-order valence-corrected chi connectivity index (χ2v) is 6.66. The van der Waals surface area contributed by atoms with Crippen LogP contribution in [0.2, 0.25) is 0 Å². The fraction of sp³-hybridized carbons (Fsp3) is 0.636. The maximum Gasteiger partial charge on any atom is 0.261 e. The number of ether oxygens (including phenoxy) is 1. The molecule has 0 aliphatic rings. The fourth-order valence-corrected chi connectivity index (χ4v) is 3.60. The number of halogens is 2. The molecule has 0 fully saturated rings. The van der Waals surface area contributed by atoms with E-state index in [0.717, 1.165) is 11.4 Å². The van der Waals surface area contributed by atoms with E-state index < -0.39 is 23.1 Å². The zero-order valence-corrected chi connectivity index (χ0v) is 12.7. The summed E-state index contributed by atoms with van der Waals surface area (Å²) in [5, 5.41) is 4.65. The molecule has 1 aromatic rings. The number of nitrogens with one attached hydrogen (secondary N) is 2. The van der Waals surface area contributed by atoms with Crippen LogP contribution < -0.4 is 10.0 Å². The van der Waals surface area contributed by atoms with E-state index in [-0.39, 0.29) is 18.0 Å². The highest BCUT2D eigenvalue weighted by atomic mass is 32.2. The molecule has 0 aliphatic heterocycles. The summed E-state index contributed by atoms with van der Waals surface area (Å²) in [5.74, 6) is 0. The predicted octanol–water partition coefficient (Wildman–Crippen LogP) is 1.42. The minimum atomic E-state index is -3.60. The zero-order valence-electron chi connectivity index (χ0n) is 11.1. The first-order chi connectivity index (χ1) is 9.45. The van der Waals surface area contributed by atoms with Gasteiger partial charge < -0.3 is 10.1 Å². The smallest absolute Gasteiger partial charge is 0.261 e. The van der Waals surface area contributed by atoms with Crippen LogP contribution >= 0.6 is 11.3 Å². The van der Waals surface area contributed by atoms with E-state index >= 15 is 0 Å². The third kappa shape index (κ3) is 6.23. The maximum atomic E-state index is 11.9. The number of rotatable bonds is 10. The standard InChI is InChI=1S/C11H18F2N2O3S2/c1-2-14-6-9-5-10(8-19-9)20(16,17)15-3-4-18-7-11(12)13/h5,8,11,14-15H,2-4,6-7H2,1H3. The van der Waals surface area contributed by atoms with Crippen LogP contribution in [-0.4, -0.2) is 41.1 Å². The molecular formula is C11H18F2N2O3S2. The van der Waals surface area contributed by atoms with Gasteiger partial charge in [0.25, 0.3) is 6.43 Å². The molecule has 0 aliphatic carbocycles. The first-order valence-electron chi connectivity index (χ1n) is 6.09. The molecule has 0 saturated carbocycles. The lowest BCUT2D eigenvalue weighted by atomic mass is 10.4. The third-order valence-corrected chi connectivity index (χ3v) is 4.80. The average Bonchev–Trinajstić information content (AvgIpc) is 2.85. The Kier molecular flexibility index (Phi) is 7.52. The molecule has 0 unspecified atom stereocenters. The van der Waals surface area contributed by atoms with Crippen molar-refractivity contribution in [3.8, 4) is 0 Å². The quantitative estimate of drug-likeness (QED) is 0.638. The van der Waals surface area contributed by atoms with Gasteiger partial charge >= 0.3 is 0 Å². The molecule has 0 radical (unpaired) electrons. The van der Waals surface area contributed by atoms with E-state index in [1.54, 1.807) is 11.4 Å². The van der Waals surface area contributed by atoms with Gasteiger partial charge in [-0.3, -0.25) is 0 Å². The van der Waals surface area contributed by atoms with Gasteiger partial charge in [0.1, 0.15) is 6.61 Å². The Bertz CT molecular complexity index is 492. The SMILES string of the molecule is CCNCc1cc(S(=O)(=O)NCCOCC(F)F)cs1. The summed E-state index contributed by atoms with van der Waals surface area (Å²) in [7, 11) is -3.60. The van der Waals surface area contributed by atoms with Gasteiger partial charge in [0.05, 0.1) is 11.5 Å². The van der Waals surface area contributed by atoms with E-state index in [2.05, 4.69) is 14.8 Å². The summed E-state index contributed by atoms with van der Waals surface area (Å²) in [6, 6.07) is 1.59. The van der Waals surface area contributed by atoms with Gasteiger partial charge in [-0.2, -0.15) is 0 Å². The normalized spacial score (nSPS) is 12.2. The highest BCUT2D eigenvalue weighted by Crippen LogP contribution is 2.18. The van der Waals surface area contributed by atoms with E-state index in [1.165, 1.54) is 11.3 Å². The van der Waals surface area contributed by atoms with E-state index in [1.807, 2.05) is 6.92 Å². The number of thiophene rings is 1. The van der Waals surface area contributed by atoms with Crippen molar-refractivity contribution in [3.63, 3.8) is 0 Å². The Hall–Kier alpha value is -0.610. The predicted molar refractivity (Wildman–Crippen MR) is 73.7 cm³/mol. The molecule has 2 N–H and O–H groups in total. The summed E-state index contributed by atoms with van der Waals surface area (Å²) in [5.41, 5.74) is 0. The summed E-state index contributed by atoms with van der Waals surface area (Å²) >= 11 is 1.35. The zero-order chi connectivity index (χ0) is 15.0. The van der Waals surface area contributed by atoms with Crippen molar-refractivity contribution in [2.45, 2.75) is 24.8 Å². The minimum absolute atomic E-state index is 0.0343. The average molecular weight is 328 g/mol. The third-order valence-electron chi connectivity index (χ3n) is 2.27. The van der Waals surface area contributed by atoms with Gasteiger partial charge in [-0.1, -0.05) is 6.92 Å². The molecule has 0 amide bonds. The Labute approximate surface area is 121 Å². The Morgan fingerprint density at radius 3 is 2.85 bits per heavy atom. The lowest BCUT2D eigenvalue weighted by Crippen LogP contribution is -2.27. The lowest BCUT2D eigenvalue weighted by Gasteiger charge is -2.05. The van der Waals surface area contributed by atoms with Gasteiger partial charge in [-0.05, 0) is 12.6 Å². The highest BCUT2D eigenvalue weighted by Gasteiger charge is 2.15. The molecule has 0 saturated heterocycles. The van der Waals surface area contributed by atoms with Gasteiger partial charge in [-0.25, -0.2) is 21.9 Å². The fourth-order valence-electron chi connectivity index (χ4n) is 1.35. The van der Waals surface area contributed by atoms with Gasteiger partial charge in [0.2, 0.25) is 10.0 Å². The second kappa shape index (κ2) is 8.63. The van der Waals surface area contributed by atoms with Gasteiger partial charge in [0, 0.05) is 23.3 Å². The van der Waals surface area contributed by atoms with Crippen LogP contribution in [0.15, 0.2) is 16.3 Å². The van der Waals surface area contributed by atoms with Gasteiger partial charge in [0.15, 0.2) is 0 Å². The summed E-state index contributed by atoms with van der Waals surface area (Å²) < 4.78 is 54.3. The highest BCUT2D eigenvalue weighted by molar-refractivity contribution is 7.89. The van der Waals surface area contributed by atoms with E-state index in [0.29, 0.717) is 6.54 Å². The lowest BCUT2D eigenvalue weighted by molar-refractivity contribution is 0.0199. The first kappa shape index (κ1) is 17.4. The van der Waals surface area contributed by atoms with Crippen molar-refractivity contribution in [2.24, 2.45) is 0 Å². The number of hydrogen-bond acceptors (Lipinski definition) is 5. The molecule has 0 atom stereocenters. The summed E-state index contributed by atoms with van der Waals surface area (Å²) in [6.45, 7) is 2.58. The minimum Gasteiger partial charge on any atom is -0.374 e. The number of alkyl halides is 2. The van der Waals surface area contributed by atoms with E-state index in [4.69, 9.17) is 0 Å². The van der Waals surface area contributed by atoms with E-state index in [9.17, 15) is 17.2 Å². The molecule has 0 spiro atoms. The van der Waals surface area contributed by atoms with Gasteiger partial charge in [-0.15, -0.1) is 11.3 Å². The summed E-state index contributed by atoms with van der Waals surface area (Å²) in [4.78, 5) is 1.10. The van der Waals surface area contributed by atoms with Crippen LogP contribution in [0, 0.1) is 0 Å². The van der Waals surface area contributed by atoms with Crippen LogP contribution in [0.3, 0.4) is 0 Å². The molecule has 20 heavy (non-hydrogen) atoms. The molecule has 5 nitrogen and oxygen atoms in total. The van der Waals surface area contributed by atoms with Crippen molar-refractivity contribution in [3.05, 3.63) is 16.3 Å². The molecular weight excluding hydrogens is 310 g/mol. The second-order valence-electron chi connectivity index (χ2n) is 3.89. The number of sulfonamides is 1.